The van der Waals surface area contributed by atoms with Crippen molar-refractivity contribution in [1.82, 2.24) is 0 Å². The van der Waals surface area contributed by atoms with Crippen LogP contribution in [-0.4, -0.2) is 23.8 Å². The van der Waals surface area contributed by atoms with Crippen molar-refractivity contribution in [2.75, 3.05) is 6.61 Å². The normalized spacial score (nSPS) is 22.1. The van der Waals surface area contributed by atoms with Crippen LogP contribution in [0.4, 0.5) is 0 Å². The smallest absolute Gasteiger partial charge is 0.302 e. The first-order valence-electron chi connectivity index (χ1n) is 8.86. The van der Waals surface area contributed by atoms with E-state index in [0.717, 1.165) is 29.6 Å². The van der Waals surface area contributed by atoms with Gasteiger partial charge in [0.25, 0.3) is 0 Å². The molecule has 0 radical (unpaired) electrons. The maximum Gasteiger partial charge on any atom is 0.302 e. The van der Waals surface area contributed by atoms with Gasteiger partial charge in [-0.15, -0.1) is 0 Å². The Bertz CT molecular complexity index is 628. The van der Waals surface area contributed by atoms with Gasteiger partial charge in [0.1, 0.15) is 6.61 Å². The number of ether oxygens (including phenoxy) is 1. The molecular weight excluding hydrogens is 312 g/mol. The van der Waals surface area contributed by atoms with Crippen molar-refractivity contribution in [3.8, 4) is 0 Å². The van der Waals surface area contributed by atoms with Crippen LogP contribution in [0.25, 0.3) is 0 Å². The van der Waals surface area contributed by atoms with E-state index < -0.39 is 0 Å². The summed E-state index contributed by atoms with van der Waals surface area (Å²) in [5.41, 5.74) is 4.61. The molecule has 138 valence electrons. The third-order valence-electron chi connectivity index (χ3n) is 4.62. The van der Waals surface area contributed by atoms with Crippen molar-refractivity contribution in [1.29, 1.82) is 0 Å². The van der Waals surface area contributed by atoms with Crippen LogP contribution in [0.5, 0.6) is 0 Å². The molecule has 1 rings (SSSR count). The number of allylic oxidation sites excluding steroid dienone is 8. The van der Waals surface area contributed by atoms with E-state index in [-0.39, 0.29) is 17.5 Å². The molecule has 0 saturated carbocycles. The Labute approximate surface area is 152 Å². The molecule has 0 unspecified atom stereocenters. The van der Waals surface area contributed by atoms with Crippen molar-refractivity contribution in [2.24, 2.45) is 5.41 Å². The number of carbonyl (C=O) groups is 1. The number of carbonyl (C=O) groups excluding carboxylic acids is 1. The average Bonchev–Trinajstić information content (AvgIpc) is 2.50. The van der Waals surface area contributed by atoms with Gasteiger partial charge in [-0.1, -0.05) is 55.4 Å². The number of aliphatic hydroxyl groups excluding tert-OH is 1. The molecule has 1 atom stereocenters. The van der Waals surface area contributed by atoms with Gasteiger partial charge < -0.3 is 9.84 Å². The molecule has 0 spiro atoms. The summed E-state index contributed by atoms with van der Waals surface area (Å²) in [5, 5.41) is 10.1. The van der Waals surface area contributed by atoms with E-state index in [1.54, 1.807) is 0 Å². The van der Waals surface area contributed by atoms with Gasteiger partial charge in [0.15, 0.2) is 0 Å². The van der Waals surface area contributed by atoms with Crippen LogP contribution in [0.15, 0.2) is 58.7 Å². The highest BCUT2D eigenvalue weighted by molar-refractivity contribution is 5.66. The van der Waals surface area contributed by atoms with Crippen LogP contribution in [0.3, 0.4) is 0 Å². The number of rotatable bonds is 6. The van der Waals surface area contributed by atoms with Gasteiger partial charge in [0.05, 0.1) is 6.10 Å². The number of esters is 1. The van der Waals surface area contributed by atoms with E-state index in [1.165, 1.54) is 12.5 Å². The minimum absolute atomic E-state index is 0.103. The second-order valence-corrected chi connectivity index (χ2v) is 7.39. The van der Waals surface area contributed by atoms with Gasteiger partial charge in [-0.05, 0) is 56.3 Å². The van der Waals surface area contributed by atoms with E-state index in [1.807, 2.05) is 38.2 Å². The van der Waals surface area contributed by atoms with Crippen LogP contribution in [0.1, 0.15) is 54.4 Å². The fraction of sp³-hybridized carbons (Fsp3) is 0.500. The Hall–Kier alpha value is -1.87. The highest BCUT2D eigenvalue weighted by Gasteiger charge is 2.30. The van der Waals surface area contributed by atoms with Crippen LogP contribution in [0, 0.1) is 5.41 Å². The number of hydrogen-bond acceptors (Lipinski definition) is 3. The molecule has 0 saturated heterocycles. The zero-order valence-corrected chi connectivity index (χ0v) is 16.4. The molecule has 0 aromatic rings. The molecule has 3 nitrogen and oxygen atoms in total. The minimum atomic E-state index is -0.318. The predicted molar refractivity (Wildman–Crippen MR) is 104 cm³/mol. The van der Waals surface area contributed by atoms with Crippen LogP contribution >= 0.6 is 0 Å². The minimum Gasteiger partial charge on any atom is -0.462 e. The monoisotopic (exact) mass is 344 g/mol. The lowest BCUT2D eigenvalue weighted by molar-refractivity contribution is -0.139. The Balaban J connectivity index is 2.74. The van der Waals surface area contributed by atoms with Gasteiger partial charge >= 0.3 is 5.97 Å². The van der Waals surface area contributed by atoms with Crippen LogP contribution < -0.4 is 0 Å². The first kappa shape index (κ1) is 21.2. The molecule has 0 aliphatic heterocycles. The fourth-order valence-corrected chi connectivity index (χ4v) is 2.90. The summed E-state index contributed by atoms with van der Waals surface area (Å²) in [6, 6.07) is 0. The standard InChI is InChI=1S/C22H32O3/c1-16(8-7-9-17(2)13-15-25-19(4)23)10-11-20-18(3)21(24)12-14-22(20,5)6/h7-11,13,21,24H,12,14-15H2,1-6H3/b9-7+,11-10+,16-8+,17-13+/t21-/m1/s1. The molecule has 1 N–H and O–H groups in total. The molecule has 0 fully saturated rings. The lowest BCUT2D eigenvalue weighted by Gasteiger charge is -2.35. The van der Waals surface area contributed by atoms with Gasteiger partial charge in [-0.25, -0.2) is 0 Å². The molecule has 3 heteroatoms. The van der Waals surface area contributed by atoms with E-state index in [0.29, 0.717) is 6.61 Å². The predicted octanol–water partition coefficient (Wildman–Crippen LogP) is 5.05. The third-order valence-corrected chi connectivity index (χ3v) is 4.62. The molecule has 1 aliphatic carbocycles. The summed E-state index contributed by atoms with van der Waals surface area (Å²) in [6.45, 7) is 12.2. The largest absolute Gasteiger partial charge is 0.462 e. The van der Waals surface area contributed by atoms with E-state index >= 15 is 0 Å². The third kappa shape index (κ3) is 7.27. The molecule has 0 aromatic carbocycles. The van der Waals surface area contributed by atoms with Gasteiger partial charge in [-0.2, -0.15) is 0 Å². The van der Waals surface area contributed by atoms with Crippen molar-refractivity contribution in [2.45, 2.75) is 60.5 Å². The summed E-state index contributed by atoms with van der Waals surface area (Å²) >= 11 is 0. The van der Waals surface area contributed by atoms with Crippen molar-refractivity contribution in [3.63, 3.8) is 0 Å². The van der Waals surface area contributed by atoms with Crippen molar-refractivity contribution >= 4 is 5.97 Å². The van der Waals surface area contributed by atoms with Gasteiger partial charge in [0, 0.05) is 6.92 Å². The van der Waals surface area contributed by atoms with Gasteiger partial charge in [-0.3, -0.25) is 4.79 Å². The highest BCUT2D eigenvalue weighted by Crippen LogP contribution is 2.40. The van der Waals surface area contributed by atoms with Gasteiger partial charge in [0.2, 0.25) is 0 Å². The fourth-order valence-electron chi connectivity index (χ4n) is 2.90. The molecule has 0 bridgehead atoms. The zero-order valence-electron chi connectivity index (χ0n) is 16.4. The Kier molecular flexibility index (Phi) is 8.11. The van der Waals surface area contributed by atoms with Crippen LogP contribution in [0.2, 0.25) is 0 Å². The topological polar surface area (TPSA) is 46.5 Å². The summed E-state index contributed by atoms with van der Waals surface area (Å²) in [7, 11) is 0. The van der Waals surface area contributed by atoms with E-state index in [2.05, 4.69) is 32.9 Å². The molecule has 0 aromatic heterocycles. The lowest BCUT2D eigenvalue weighted by Crippen LogP contribution is -2.27. The summed E-state index contributed by atoms with van der Waals surface area (Å²) in [5.74, 6) is -0.269. The quantitative estimate of drug-likeness (QED) is 0.541. The lowest BCUT2D eigenvalue weighted by atomic mass is 9.71. The second kappa shape index (κ2) is 9.57. The molecule has 25 heavy (non-hydrogen) atoms. The summed E-state index contributed by atoms with van der Waals surface area (Å²) in [6.07, 6.45) is 13.6. The first-order chi connectivity index (χ1) is 11.6. The Morgan fingerprint density at radius 1 is 1.24 bits per heavy atom. The van der Waals surface area contributed by atoms with Crippen LogP contribution in [-0.2, 0) is 9.53 Å². The Morgan fingerprint density at radius 2 is 1.92 bits per heavy atom. The molecule has 1 aliphatic rings. The molecular formula is C22H32O3. The highest BCUT2D eigenvalue weighted by atomic mass is 16.5. The zero-order chi connectivity index (χ0) is 19.0. The number of aliphatic hydroxyl groups is 1. The Morgan fingerprint density at radius 3 is 2.56 bits per heavy atom. The maximum absolute atomic E-state index is 10.7. The number of hydrogen-bond donors (Lipinski definition) is 1. The summed E-state index contributed by atoms with van der Waals surface area (Å²) < 4.78 is 4.88. The first-order valence-corrected chi connectivity index (χ1v) is 8.86. The summed E-state index contributed by atoms with van der Waals surface area (Å²) in [4.78, 5) is 10.7. The van der Waals surface area contributed by atoms with E-state index in [9.17, 15) is 9.90 Å². The molecule has 0 amide bonds. The second-order valence-electron chi connectivity index (χ2n) is 7.39. The van der Waals surface area contributed by atoms with Crippen molar-refractivity contribution in [3.05, 3.63) is 58.7 Å². The van der Waals surface area contributed by atoms with E-state index in [4.69, 9.17) is 4.74 Å². The average molecular weight is 344 g/mol. The maximum atomic E-state index is 10.7. The van der Waals surface area contributed by atoms with Crippen molar-refractivity contribution < 1.29 is 14.6 Å². The SMILES string of the molecule is CC(=O)OC/C=C(C)/C=C/C=C(C)/C=C/C1=C(C)[C@H](O)CCC1(C)C. The molecule has 0 heterocycles.